The molecule has 0 aliphatic carbocycles. The lowest BCUT2D eigenvalue weighted by atomic mass is 10.1. The number of rotatable bonds is 4. The zero-order valence-electron chi connectivity index (χ0n) is 11.6. The van der Waals surface area contributed by atoms with Gasteiger partial charge in [0.1, 0.15) is 11.9 Å². The van der Waals surface area contributed by atoms with Crippen LogP contribution >= 0.6 is 11.3 Å². The molecule has 2 N–H and O–H groups in total. The zero-order valence-corrected chi connectivity index (χ0v) is 12.5. The van der Waals surface area contributed by atoms with Crippen LogP contribution < -0.4 is 10.5 Å². The summed E-state index contributed by atoms with van der Waals surface area (Å²) in [6.45, 7) is 3.77. The van der Waals surface area contributed by atoms with Gasteiger partial charge in [-0.15, -0.1) is 11.3 Å². The zero-order chi connectivity index (χ0) is 15.6. The summed E-state index contributed by atoms with van der Waals surface area (Å²) in [5, 5.41) is 1.94. The van der Waals surface area contributed by atoms with Crippen molar-refractivity contribution in [1.29, 1.82) is 0 Å². The number of hydrogen-bond donors (Lipinski definition) is 1. The fourth-order valence-electron chi connectivity index (χ4n) is 1.94. The van der Waals surface area contributed by atoms with Crippen LogP contribution in [-0.2, 0) is 6.18 Å². The average molecular weight is 315 g/mol. The van der Waals surface area contributed by atoms with E-state index >= 15 is 0 Å². The molecule has 0 fully saturated rings. The fraction of sp³-hybridized carbons (Fsp3) is 0.333. The van der Waals surface area contributed by atoms with E-state index in [4.69, 9.17) is 10.5 Å². The van der Waals surface area contributed by atoms with Gasteiger partial charge >= 0.3 is 6.18 Å². The highest BCUT2D eigenvalue weighted by Gasteiger charge is 2.30. The number of aryl methyl sites for hydroxylation is 1. The standard InChI is InChI=1S/C15H16F3NOS/c1-9-7-8-21-14(9)13(10(2)19)20-12-5-3-11(4-6-12)15(16,17)18/h3-8,10,13H,19H2,1-2H3. The van der Waals surface area contributed by atoms with Gasteiger partial charge in [0.25, 0.3) is 0 Å². The Kier molecular flexibility index (Phi) is 4.58. The lowest BCUT2D eigenvalue weighted by molar-refractivity contribution is -0.137. The summed E-state index contributed by atoms with van der Waals surface area (Å²) < 4.78 is 43.4. The summed E-state index contributed by atoms with van der Waals surface area (Å²) in [5.41, 5.74) is 6.31. The van der Waals surface area contributed by atoms with E-state index in [0.717, 1.165) is 22.6 Å². The van der Waals surface area contributed by atoms with Crippen molar-refractivity contribution < 1.29 is 17.9 Å². The van der Waals surface area contributed by atoms with E-state index in [1.54, 1.807) is 0 Å². The van der Waals surface area contributed by atoms with Gasteiger partial charge in [-0.25, -0.2) is 0 Å². The molecule has 114 valence electrons. The van der Waals surface area contributed by atoms with Crippen molar-refractivity contribution in [2.45, 2.75) is 32.2 Å². The van der Waals surface area contributed by atoms with Gasteiger partial charge < -0.3 is 10.5 Å². The summed E-state index contributed by atoms with van der Waals surface area (Å²) in [4.78, 5) is 0.991. The maximum atomic E-state index is 12.5. The Labute approximate surface area is 125 Å². The molecule has 0 radical (unpaired) electrons. The second-order valence-corrected chi connectivity index (χ2v) is 5.84. The first kappa shape index (κ1) is 15.9. The van der Waals surface area contributed by atoms with E-state index in [2.05, 4.69) is 0 Å². The molecular formula is C15H16F3NOS. The third kappa shape index (κ3) is 3.77. The highest BCUT2D eigenvalue weighted by atomic mass is 32.1. The lowest BCUT2D eigenvalue weighted by Gasteiger charge is -2.22. The van der Waals surface area contributed by atoms with Crippen LogP contribution in [0.3, 0.4) is 0 Å². The number of thiophene rings is 1. The quantitative estimate of drug-likeness (QED) is 0.899. The molecule has 21 heavy (non-hydrogen) atoms. The highest BCUT2D eigenvalue weighted by molar-refractivity contribution is 7.10. The smallest absolute Gasteiger partial charge is 0.416 e. The SMILES string of the molecule is Cc1ccsc1C(Oc1ccc(C(F)(F)F)cc1)C(C)N. The first-order valence-corrected chi connectivity index (χ1v) is 7.30. The third-order valence-electron chi connectivity index (χ3n) is 3.08. The van der Waals surface area contributed by atoms with Crippen molar-refractivity contribution >= 4 is 11.3 Å². The Morgan fingerprint density at radius 1 is 1.14 bits per heavy atom. The topological polar surface area (TPSA) is 35.2 Å². The van der Waals surface area contributed by atoms with Gasteiger partial charge in [0, 0.05) is 10.9 Å². The Bertz CT molecular complexity index is 590. The van der Waals surface area contributed by atoms with Gasteiger partial charge in [-0.3, -0.25) is 0 Å². The van der Waals surface area contributed by atoms with Crippen LogP contribution in [0.1, 0.15) is 29.0 Å². The van der Waals surface area contributed by atoms with Crippen molar-refractivity contribution in [2.24, 2.45) is 5.73 Å². The van der Waals surface area contributed by atoms with E-state index in [9.17, 15) is 13.2 Å². The first-order chi connectivity index (χ1) is 9.79. The fourth-order valence-corrected chi connectivity index (χ4v) is 3.01. The van der Waals surface area contributed by atoms with E-state index < -0.39 is 11.7 Å². The minimum absolute atomic E-state index is 0.273. The lowest BCUT2D eigenvalue weighted by Crippen LogP contribution is -2.28. The predicted octanol–water partition coefficient (Wildman–Crippen LogP) is 4.54. The van der Waals surface area contributed by atoms with Crippen molar-refractivity contribution in [3.8, 4) is 5.75 Å². The molecule has 2 rings (SSSR count). The van der Waals surface area contributed by atoms with Crippen LogP contribution in [0, 0.1) is 6.92 Å². The van der Waals surface area contributed by atoms with Crippen LogP contribution in [0.15, 0.2) is 35.7 Å². The third-order valence-corrected chi connectivity index (χ3v) is 4.16. The van der Waals surface area contributed by atoms with Crippen LogP contribution in [0.25, 0.3) is 0 Å². The first-order valence-electron chi connectivity index (χ1n) is 6.42. The van der Waals surface area contributed by atoms with Gasteiger partial charge in [0.2, 0.25) is 0 Å². The molecule has 1 aromatic carbocycles. The van der Waals surface area contributed by atoms with Gasteiger partial charge in [-0.2, -0.15) is 13.2 Å². The largest absolute Gasteiger partial charge is 0.483 e. The Balaban J connectivity index is 2.20. The highest BCUT2D eigenvalue weighted by Crippen LogP contribution is 2.33. The Morgan fingerprint density at radius 2 is 1.76 bits per heavy atom. The summed E-state index contributed by atoms with van der Waals surface area (Å²) in [6, 6.07) is 6.35. The summed E-state index contributed by atoms with van der Waals surface area (Å²) in [7, 11) is 0. The number of nitrogens with two attached hydrogens (primary N) is 1. The number of benzene rings is 1. The molecule has 0 aliphatic heterocycles. The summed E-state index contributed by atoms with van der Waals surface area (Å²) >= 11 is 1.53. The molecule has 0 bridgehead atoms. The van der Waals surface area contributed by atoms with Crippen molar-refractivity contribution in [2.75, 3.05) is 0 Å². The van der Waals surface area contributed by atoms with Crippen molar-refractivity contribution in [3.63, 3.8) is 0 Å². The van der Waals surface area contributed by atoms with E-state index in [1.807, 2.05) is 25.3 Å². The number of ether oxygens (including phenoxy) is 1. The summed E-state index contributed by atoms with van der Waals surface area (Å²) in [6.07, 6.45) is -4.72. The van der Waals surface area contributed by atoms with E-state index in [1.165, 1.54) is 23.5 Å². The van der Waals surface area contributed by atoms with Crippen molar-refractivity contribution in [3.05, 3.63) is 51.7 Å². The molecule has 2 aromatic rings. The molecule has 0 amide bonds. The van der Waals surface area contributed by atoms with Crippen molar-refractivity contribution in [1.82, 2.24) is 0 Å². The Hall–Kier alpha value is -1.53. The maximum absolute atomic E-state index is 12.5. The van der Waals surface area contributed by atoms with Crippen LogP contribution in [0.5, 0.6) is 5.75 Å². The monoisotopic (exact) mass is 315 g/mol. The minimum Gasteiger partial charge on any atom is -0.483 e. The van der Waals surface area contributed by atoms with Crippen LogP contribution in [-0.4, -0.2) is 6.04 Å². The molecule has 2 atom stereocenters. The molecule has 2 nitrogen and oxygen atoms in total. The number of halogens is 3. The van der Waals surface area contributed by atoms with E-state index in [0.29, 0.717) is 5.75 Å². The maximum Gasteiger partial charge on any atom is 0.416 e. The molecule has 6 heteroatoms. The van der Waals surface area contributed by atoms with Gasteiger partial charge in [-0.1, -0.05) is 0 Å². The minimum atomic E-state index is -4.34. The average Bonchev–Trinajstić information content (AvgIpc) is 2.81. The van der Waals surface area contributed by atoms with Gasteiger partial charge in [-0.05, 0) is 55.1 Å². The number of hydrogen-bond acceptors (Lipinski definition) is 3. The van der Waals surface area contributed by atoms with Crippen LogP contribution in [0.4, 0.5) is 13.2 Å². The summed E-state index contributed by atoms with van der Waals surface area (Å²) in [5.74, 6) is 0.373. The second-order valence-electron chi connectivity index (χ2n) is 4.89. The molecular weight excluding hydrogens is 299 g/mol. The molecule has 0 spiro atoms. The second kappa shape index (κ2) is 6.07. The molecule has 2 unspecified atom stereocenters. The number of alkyl halides is 3. The van der Waals surface area contributed by atoms with E-state index in [-0.39, 0.29) is 12.1 Å². The van der Waals surface area contributed by atoms with Gasteiger partial charge in [0.05, 0.1) is 5.56 Å². The molecule has 1 aromatic heterocycles. The van der Waals surface area contributed by atoms with Crippen LogP contribution in [0.2, 0.25) is 0 Å². The Morgan fingerprint density at radius 3 is 2.19 bits per heavy atom. The molecule has 1 heterocycles. The predicted molar refractivity (Wildman–Crippen MR) is 77.5 cm³/mol. The molecule has 0 saturated carbocycles. The molecule has 0 aliphatic rings. The molecule has 0 saturated heterocycles. The normalized spacial score (nSPS) is 14.8. The van der Waals surface area contributed by atoms with Gasteiger partial charge in [0.15, 0.2) is 0 Å².